The molecule has 4 aromatic rings. The molecule has 0 aliphatic carbocycles. The van der Waals surface area contributed by atoms with Crippen LogP contribution in [0.5, 0.6) is 5.75 Å². The highest BCUT2D eigenvalue weighted by atomic mass is 35.5. The molecular weight excluding hydrogens is 474 g/mol. The first-order chi connectivity index (χ1) is 16.8. The fraction of sp³-hybridized carbons (Fsp3) is 0.269. The summed E-state index contributed by atoms with van der Waals surface area (Å²) in [6.45, 7) is 4.39. The topological polar surface area (TPSA) is 60.2 Å². The van der Waals surface area contributed by atoms with Crippen molar-refractivity contribution in [1.82, 2.24) is 19.7 Å². The number of pyridine rings is 1. The van der Waals surface area contributed by atoms with Gasteiger partial charge in [0.2, 0.25) is 5.91 Å². The molecule has 5 rings (SSSR count). The van der Waals surface area contributed by atoms with E-state index in [0.29, 0.717) is 46.7 Å². The number of rotatable bonds is 6. The smallest absolute Gasteiger partial charge is 0.223 e. The number of carbonyl (C=O) groups is 1. The molecule has 1 amide bonds. The molecule has 1 aliphatic heterocycles. The first kappa shape index (κ1) is 23.2. The lowest BCUT2D eigenvalue weighted by molar-refractivity contribution is -0.129. The van der Waals surface area contributed by atoms with Crippen LogP contribution < -0.4 is 4.74 Å². The van der Waals surface area contributed by atoms with Gasteiger partial charge in [0.1, 0.15) is 23.7 Å². The van der Waals surface area contributed by atoms with Crippen molar-refractivity contribution < 1.29 is 18.3 Å². The first-order valence-electron chi connectivity index (χ1n) is 11.3. The number of amides is 1. The Hall–Kier alpha value is -3.52. The fourth-order valence-electron chi connectivity index (χ4n) is 4.61. The van der Waals surface area contributed by atoms with Crippen LogP contribution in [-0.4, -0.2) is 32.1 Å². The summed E-state index contributed by atoms with van der Waals surface area (Å²) in [5.41, 5.74) is 3.19. The van der Waals surface area contributed by atoms with E-state index in [1.54, 1.807) is 11.0 Å². The van der Waals surface area contributed by atoms with Crippen LogP contribution in [0.4, 0.5) is 8.78 Å². The van der Waals surface area contributed by atoms with Crippen LogP contribution in [0.3, 0.4) is 0 Å². The van der Waals surface area contributed by atoms with Crippen LogP contribution in [0.25, 0.3) is 16.6 Å². The molecule has 2 aromatic carbocycles. The van der Waals surface area contributed by atoms with Crippen molar-refractivity contribution in [2.24, 2.45) is 0 Å². The van der Waals surface area contributed by atoms with E-state index < -0.39 is 11.6 Å². The predicted molar refractivity (Wildman–Crippen MR) is 129 cm³/mol. The molecular formula is C26H23ClF2N4O2. The maximum absolute atomic E-state index is 14.3. The molecule has 0 bridgehead atoms. The molecule has 1 fully saturated rings. The number of hydrogen-bond acceptors (Lipinski definition) is 4. The number of benzene rings is 2. The highest BCUT2D eigenvalue weighted by Crippen LogP contribution is 2.35. The highest BCUT2D eigenvalue weighted by molar-refractivity contribution is 6.31. The molecule has 1 aliphatic rings. The molecule has 0 radical (unpaired) electrons. The van der Waals surface area contributed by atoms with Gasteiger partial charge in [0.25, 0.3) is 0 Å². The lowest BCUT2D eigenvalue weighted by atomic mass is 10.00. The second-order valence-electron chi connectivity index (χ2n) is 8.65. The van der Waals surface area contributed by atoms with Crippen molar-refractivity contribution in [3.8, 4) is 11.4 Å². The summed E-state index contributed by atoms with van der Waals surface area (Å²) < 4.78 is 35.6. The SMILES string of the molecule is Cc1cc(-n2cc(F)cn2)c2cccc(OCc3c(Cl)cc(F)cc3[C@H](C)N3CCCC3=O)c2n1. The van der Waals surface area contributed by atoms with Gasteiger partial charge in [0.15, 0.2) is 5.82 Å². The number of nitrogens with zero attached hydrogens (tertiary/aromatic N) is 4. The van der Waals surface area contributed by atoms with Gasteiger partial charge in [-0.1, -0.05) is 23.7 Å². The molecule has 0 N–H and O–H groups in total. The number of fused-ring (bicyclic) bond motifs is 1. The predicted octanol–water partition coefficient (Wildman–Crippen LogP) is 5.92. The number of halogens is 3. The minimum absolute atomic E-state index is 0.0427. The highest BCUT2D eigenvalue weighted by Gasteiger charge is 2.28. The van der Waals surface area contributed by atoms with E-state index in [9.17, 15) is 13.6 Å². The van der Waals surface area contributed by atoms with Gasteiger partial charge in [0.05, 0.1) is 29.1 Å². The Balaban J connectivity index is 1.52. The summed E-state index contributed by atoms with van der Waals surface area (Å²) in [6, 6.07) is 9.60. The molecule has 0 unspecified atom stereocenters. The molecule has 9 heteroatoms. The third kappa shape index (κ3) is 4.46. The number of hydrogen-bond donors (Lipinski definition) is 0. The standard InChI is InChI=1S/C26H23ClF2N4O2/c1-15-9-23(33-13-18(29)12-30-33)19-5-3-6-24(26(19)31-15)35-14-21-20(10-17(28)11-22(21)27)16(2)32-8-4-7-25(32)34/h3,5-6,9-13,16H,4,7-8,14H2,1-2H3/t16-/m0/s1. The van der Waals surface area contributed by atoms with Crippen molar-refractivity contribution in [3.63, 3.8) is 0 Å². The van der Waals surface area contributed by atoms with Gasteiger partial charge in [-0.05, 0) is 50.1 Å². The number of carbonyl (C=O) groups excluding carboxylic acids is 1. The largest absolute Gasteiger partial charge is 0.487 e. The summed E-state index contributed by atoms with van der Waals surface area (Å²) in [6.07, 6.45) is 3.71. The monoisotopic (exact) mass is 496 g/mol. The van der Waals surface area contributed by atoms with Gasteiger partial charge >= 0.3 is 0 Å². The van der Waals surface area contributed by atoms with Gasteiger partial charge in [-0.3, -0.25) is 4.79 Å². The summed E-state index contributed by atoms with van der Waals surface area (Å²) in [5.74, 6) is -0.368. The third-order valence-corrected chi connectivity index (χ3v) is 6.64. The van der Waals surface area contributed by atoms with E-state index in [1.807, 2.05) is 32.0 Å². The van der Waals surface area contributed by atoms with E-state index in [1.165, 1.54) is 23.0 Å². The van der Waals surface area contributed by atoms with Crippen LogP contribution in [0.2, 0.25) is 5.02 Å². The molecule has 3 heterocycles. The van der Waals surface area contributed by atoms with Crippen molar-refractivity contribution >= 4 is 28.4 Å². The van der Waals surface area contributed by atoms with Gasteiger partial charge in [-0.2, -0.15) is 5.10 Å². The molecule has 180 valence electrons. The second-order valence-corrected chi connectivity index (χ2v) is 9.06. The third-order valence-electron chi connectivity index (χ3n) is 6.30. The van der Waals surface area contributed by atoms with Crippen molar-refractivity contribution in [2.45, 2.75) is 39.3 Å². The van der Waals surface area contributed by atoms with Crippen molar-refractivity contribution in [1.29, 1.82) is 0 Å². The van der Waals surface area contributed by atoms with Gasteiger partial charge in [0, 0.05) is 29.6 Å². The quantitative estimate of drug-likeness (QED) is 0.332. The zero-order chi connectivity index (χ0) is 24.7. The fourth-order valence-corrected chi connectivity index (χ4v) is 4.88. The maximum atomic E-state index is 14.3. The Labute approximate surface area is 206 Å². The summed E-state index contributed by atoms with van der Waals surface area (Å²) in [7, 11) is 0. The zero-order valence-electron chi connectivity index (χ0n) is 19.3. The summed E-state index contributed by atoms with van der Waals surface area (Å²) in [4.78, 5) is 18.7. The zero-order valence-corrected chi connectivity index (χ0v) is 20.0. The minimum atomic E-state index is -0.467. The number of likely N-dealkylation sites (tertiary alicyclic amines) is 1. The van der Waals surface area contributed by atoms with E-state index in [-0.39, 0.29) is 23.6 Å². The molecule has 35 heavy (non-hydrogen) atoms. The summed E-state index contributed by atoms with van der Waals surface area (Å²) >= 11 is 6.45. The second kappa shape index (κ2) is 9.26. The average Bonchev–Trinajstić information content (AvgIpc) is 3.45. The lowest BCUT2D eigenvalue weighted by Crippen LogP contribution is -2.29. The molecule has 0 saturated carbocycles. The van der Waals surface area contributed by atoms with E-state index >= 15 is 0 Å². The van der Waals surface area contributed by atoms with Crippen LogP contribution in [0, 0.1) is 18.6 Å². The molecule has 1 saturated heterocycles. The van der Waals surface area contributed by atoms with E-state index in [0.717, 1.165) is 18.0 Å². The molecule has 6 nitrogen and oxygen atoms in total. The Kier molecular flexibility index (Phi) is 6.15. The lowest BCUT2D eigenvalue weighted by Gasteiger charge is -2.27. The molecule has 1 atom stereocenters. The van der Waals surface area contributed by atoms with Gasteiger partial charge in [-0.25, -0.2) is 18.4 Å². The Morgan fingerprint density at radius 1 is 1.20 bits per heavy atom. The average molecular weight is 497 g/mol. The van der Waals surface area contributed by atoms with Crippen molar-refractivity contribution in [3.05, 3.63) is 82.3 Å². The van der Waals surface area contributed by atoms with Crippen LogP contribution in [-0.2, 0) is 11.4 Å². The summed E-state index contributed by atoms with van der Waals surface area (Å²) in [5, 5.41) is 5.05. The Morgan fingerprint density at radius 2 is 2.03 bits per heavy atom. The van der Waals surface area contributed by atoms with E-state index in [2.05, 4.69) is 10.1 Å². The number of para-hydroxylation sites is 1. The van der Waals surface area contributed by atoms with Crippen LogP contribution in [0.1, 0.15) is 42.6 Å². The Bertz CT molecular complexity index is 1440. The molecule has 2 aromatic heterocycles. The van der Waals surface area contributed by atoms with Gasteiger partial charge in [-0.15, -0.1) is 0 Å². The van der Waals surface area contributed by atoms with Crippen molar-refractivity contribution in [2.75, 3.05) is 6.54 Å². The number of aromatic nitrogens is 3. The molecule has 0 spiro atoms. The minimum Gasteiger partial charge on any atom is -0.487 e. The van der Waals surface area contributed by atoms with Crippen LogP contribution in [0.15, 0.2) is 48.8 Å². The maximum Gasteiger partial charge on any atom is 0.223 e. The first-order valence-corrected chi connectivity index (χ1v) is 11.7. The van der Waals surface area contributed by atoms with E-state index in [4.69, 9.17) is 16.3 Å². The van der Waals surface area contributed by atoms with Crippen LogP contribution >= 0.6 is 11.6 Å². The normalized spacial score (nSPS) is 14.7. The Morgan fingerprint density at radius 3 is 2.74 bits per heavy atom. The van der Waals surface area contributed by atoms with Gasteiger partial charge < -0.3 is 9.64 Å². The number of aryl methyl sites for hydroxylation is 1. The number of ether oxygens (including phenoxy) is 1.